The number of hydrogen-bond donors (Lipinski definition) is 1. The monoisotopic (exact) mass is 355 g/mol. The molecule has 5 heteroatoms. The maximum atomic E-state index is 13.7. The molecule has 0 amide bonds. The van der Waals surface area contributed by atoms with Gasteiger partial charge in [0.05, 0.1) is 11.1 Å². The summed E-state index contributed by atoms with van der Waals surface area (Å²) in [6.07, 6.45) is 0.756. The highest BCUT2D eigenvalue weighted by molar-refractivity contribution is 9.10. The number of benzene rings is 2. The molecular formula is C16H16BrF2NO. The van der Waals surface area contributed by atoms with Crippen molar-refractivity contribution in [2.24, 2.45) is 0 Å². The summed E-state index contributed by atoms with van der Waals surface area (Å²) in [7, 11) is 0. The Balaban J connectivity index is 1.70. The third-order valence-electron chi connectivity index (χ3n) is 2.95. The standard InChI is InChI=1S/C16H16BrF2NO/c17-14-7-8-15(18)13(16(14)19)11-20-9-4-10-21-12-5-2-1-3-6-12/h1-3,5-8,20H,4,9-11H2. The Labute approximate surface area is 131 Å². The normalized spacial score (nSPS) is 10.6. The molecule has 2 nitrogen and oxygen atoms in total. The van der Waals surface area contributed by atoms with Crippen LogP contribution in [0, 0.1) is 11.6 Å². The molecule has 0 heterocycles. The van der Waals surface area contributed by atoms with Crippen molar-refractivity contribution in [3.05, 3.63) is 64.1 Å². The highest BCUT2D eigenvalue weighted by Gasteiger charge is 2.11. The summed E-state index contributed by atoms with van der Waals surface area (Å²) < 4.78 is 33.0. The van der Waals surface area contributed by atoms with Gasteiger partial charge in [0.25, 0.3) is 0 Å². The summed E-state index contributed by atoms with van der Waals surface area (Å²) >= 11 is 3.05. The molecule has 0 saturated carbocycles. The molecule has 1 N–H and O–H groups in total. The zero-order chi connectivity index (χ0) is 15.1. The van der Waals surface area contributed by atoms with Gasteiger partial charge >= 0.3 is 0 Å². The predicted molar refractivity (Wildman–Crippen MR) is 82.3 cm³/mol. The fourth-order valence-corrected chi connectivity index (χ4v) is 2.22. The van der Waals surface area contributed by atoms with Crippen molar-refractivity contribution < 1.29 is 13.5 Å². The van der Waals surface area contributed by atoms with Crippen LogP contribution in [0.15, 0.2) is 46.9 Å². The molecule has 0 aliphatic heterocycles. The Kier molecular flexibility index (Phi) is 6.14. The molecule has 21 heavy (non-hydrogen) atoms. The summed E-state index contributed by atoms with van der Waals surface area (Å²) in [6, 6.07) is 12.1. The minimum absolute atomic E-state index is 0.0494. The second-order valence-corrected chi connectivity index (χ2v) is 5.37. The van der Waals surface area contributed by atoms with E-state index >= 15 is 0 Å². The van der Waals surface area contributed by atoms with E-state index in [0.29, 0.717) is 13.2 Å². The summed E-state index contributed by atoms with van der Waals surface area (Å²) in [5, 5.41) is 3.02. The van der Waals surface area contributed by atoms with E-state index < -0.39 is 11.6 Å². The highest BCUT2D eigenvalue weighted by atomic mass is 79.9. The largest absolute Gasteiger partial charge is 0.494 e. The van der Waals surface area contributed by atoms with E-state index in [9.17, 15) is 8.78 Å². The number of nitrogens with one attached hydrogen (secondary N) is 1. The molecular weight excluding hydrogens is 340 g/mol. The summed E-state index contributed by atoms with van der Waals surface area (Å²) in [4.78, 5) is 0. The second kappa shape index (κ2) is 8.10. The Morgan fingerprint density at radius 2 is 1.81 bits per heavy atom. The molecule has 0 spiro atoms. The van der Waals surface area contributed by atoms with Gasteiger partial charge in [0.1, 0.15) is 17.4 Å². The molecule has 0 aliphatic carbocycles. The van der Waals surface area contributed by atoms with Crippen LogP contribution in [0.25, 0.3) is 0 Å². The number of ether oxygens (including phenoxy) is 1. The first-order chi connectivity index (χ1) is 10.2. The molecule has 0 bridgehead atoms. The first-order valence-electron chi connectivity index (χ1n) is 6.69. The maximum absolute atomic E-state index is 13.7. The van der Waals surface area contributed by atoms with E-state index in [4.69, 9.17) is 4.74 Å². The van der Waals surface area contributed by atoms with Crippen LogP contribution >= 0.6 is 15.9 Å². The fraction of sp³-hybridized carbons (Fsp3) is 0.250. The Hall–Kier alpha value is -1.46. The third-order valence-corrected chi connectivity index (χ3v) is 3.56. The van der Waals surface area contributed by atoms with E-state index in [1.807, 2.05) is 30.3 Å². The van der Waals surface area contributed by atoms with Crippen molar-refractivity contribution in [3.8, 4) is 5.75 Å². The molecule has 0 radical (unpaired) electrons. The van der Waals surface area contributed by atoms with Gasteiger partial charge in [-0.2, -0.15) is 0 Å². The lowest BCUT2D eigenvalue weighted by atomic mass is 10.2. The smallest absolute Gasteiger partial charge is 0.144 e. The zero-order valence-electron chi connectivity index (χ0n) is 11.4. The van der Waals surface area contributed by atoms with E-state index in [2.05, 4.69) is 21.2 Å². The molecule has 0 fully saturated rings. The van der Waals surface area contributed by atoms with Gasteiger partial charge in [0, 0.05) is 12.1 Å². The van der Waals surface area contributed by atoms with Crippen LogP contribution in [0.2, 0.25) is 0 Å². The lowest BCUT2D eigenvalue weighted by Gasteiger charge is -2.09. The predicted octanol–water partition coefficient (Wildman–Crippen LogP) is 4.29. The average Bonchev–Trinajstić information content (AvgIpc) is 2.51. The van der Waals surface area contributed by atoms with E-state index in [1.54, 1.807) is 0 Å². The SMILES string of the molecule is Fc1ccc(Br)c(F)c1CNCCCOc1ccccc1. The molecule has 0 aliphatic rings. The van der Waals surface area contributed by atoms with Crippen LogP contribution in [0.3, 0.4) is 0 Å². The lowest BCUT2D eigenvalue weighted by Crippen LogP contribution is -2.18. The van der Waals surface area contributed by atoms with Crippen molar-refractivity contribution in [2.75, 3.05) is 13.2 Å². The Bertz CT molecular complexity index is 578. The maximum Gasteiger partial charge on any atom is 0.144 e. The van der Waals surface area contributed by atoms with Crippen LogP contribution < -0.4 is 10.1 Å². The summed E-state index contributed by atoms with van der Waals surface area (Å²) in [6.45, 7) is 1.33. The molecule has 2 aromatic rings. The van der Waals surface area contributed by atoms with Gasteiger partial charge in [0.15, 0.2) is 0 Å². The third kappa shape index (κ3) is 4.79. The van der Waals surface area contributed by atoms with Crippen molar-refractivity contribution in [3.63, 3.8) is 0 Å². The molecule has 0 aromatic heterocycles. The zero-order valence-corrected chi connectivity index (χ0v) is 13.0. The minimum Gasteiger partial charge on any atom is -0.494 e. The quantitative estimate of drug-likeness (QED) is 0.591. The number of rotatable bonds is 7. The second-order valence-electron chi connectivity index (χ2n) is 4.51. The van der Waals surface area contributed by atoms with Crippen LogP contribution in [-0.4, -0.2) is 13.2 Å². The lowest BCUT2D eigenvalue weighted by molar-refractivity contribution is 0.307. The van der Waals surface area contributed by atoms with Crippen molar-refractivity contribution in [2.45, 2.75) is 13.0 Å². The molecule has 0 atom stereocenters. The van der Waals surface area contributed by atoms with Crippen molar-refractivity contribution in [1.82, 2.24) is 5.32 Å². The summed E-state index contributed by atoms with van der Waals surface area (Å²) in [5.41, 5.74) is 0.0494. The van der Waals surface area contributed by atoms with Crippen molar-refractivity contribution >= 4 is 15.9 Å². The molecule has 2 rings (SSSR count). The van der Waals surface area contributed by atoms with Gasteiger partial charge in [-0.25, -0.2) is 8.78 Å². The first-order valence-corrected chi connectivity index (χ1v) is 7.48. The van der Waals surface area contributed by atoms with Crippen LogP contribution in [0.4, 0.5) is 8.78 Å². The summed E-state index contributed by atoms with van der Waals surface area (Å²) in [5.74, 6) is -0.270. The first kappa shape index (κ1) is 15.9. The van der Waals surface area contributed by atoms with Crippen molar-refractivity contribution in [1.29, 1.82) is 0 Å². The van der Waals surface area contributed by atoms with Gasteiger partial charge in [-0.05, 0) is 53.2 Å². The van der Waals surface area contributed by atoms with E-state index in [-0.39, 0.29) is 16.6 Å². The van der Waals surface area contributed by atoms with Gasteiger partial charge in [0.2, 0.25) is 0 Å². The van der Waals surface area contributed by atoms with Crippen LogP contribution in [0.1, 0.15) is 12.0 Å². The fourth-order valence-electron chi connectivity index (χ4n) is 1.85. The number of hydrogen-bond acceptors (Lipinski definition) is 2. The number of para-hydroxylation sites is 1. The van der Waals surface area contributed by atoms with E-state index in [1.165, 1.54) is 12.1 Å². The number of halogens is 3. The van der Waals surface area contributed by atoms with Gasteiger partial charge in [-0.15, -0.1) is 0 Å². The average molecular weight is 356 g/mol. The molecule has 112 valence electrons. The Morgan fingerprint density at radius 1 is 1.05 bits per heavy atom. The molecule has 0 saturated heterocycles. The Morgan fingerprint density at radius 3 is 2.57 bits per heavy atom. The molecule has 2 aromatic carbocycles. The van der Waals surface area contributed by atoms with Crippen LogP contribution in [-0.2, 0) is 6.54 Å². The van der Waals surface area contributed by atoms with Gasteiger partial charge < -0.3 is 10.1 Å². The molecule has 0 unspecified atom stereocenters. The van der Waals surface area contributed by atoms with Gasteiger partial charge in [-0.1, -0.05) is 18.2 Å². The van der Waals surface area contributed by atoms with Crippen LogP contribution in [0.5, 0.6) is 5.75 Å². The highest BCUT2D eigenvalue weighted by Crippen LogP contribution is 2.21. The van der Waals surface area contributed by atoms with Gasteiger partial charge in [-0.3, -0.25) is 0 Å². The topological polar surface area (TPSA) is 21.3 Å². The minimum atomic E-state index is -0.553. The van der Waals surface area contributed by atoms with E-state index in [0.717, 1.165) is 12.2 Å².